The summed E-state index contributed by atoms with van der Waals surface area (Å²) in [5.41, 5.74) is 3.69. The second kappa shape index (κ2) is 9.95. The highest BCUT2D eigenvalue weighted by atomic mass is 32.2. The minimum absolute atomic E-state index is 0.0671. The third-order valence-electron chi connectivity index (χ3n) is 5.43. The minimum atomic E-state index is -4.10. The van der Waals surface area contributed by atoms with Gasteiger partial charge in [-0.1, -0.05) is 29.8 Å². The monoisotopic (exact) mass is 468 g/mol. The number of aryl methyl sites for hydroxylation is 2. The van der Waals surface area contributed by atoms with Gasteiger partial charge in [0.1, 0.15) is 18.0 Å². The molecule has 0 saturated carbocycles. The number of ether oxygens (including phenoxy) is 2. The van der Waals surface area contributed by atoms with Gasteiger partial charge in [-0.25, -0.2) is 8.42 Å². The van der Waals surface area contributed by atoms with Crippen molar-refractivity contribution in [2.75, 3.05) is 30.4 Å². The molecule has 0 aliphatic carbocycles. The lowest BCUT2D eigenvalue weighted by atomic mass is 10.1. The number of carbonyl (C=O) groups excluding carboxylic acids is 1. The number of amides is 1. The Morgan fingerprint density at radius 2 is 1.64 bits per heavy atom. The van der Waals surface area contributed by atoms with E-state index in [1.807, 2.05) is 32.9 Å². The van der Waals surface area contributed by atoms with Crippen LogP contribution in [0.15, 0.2) is 65.6 Å². The van der Waals surface area contributed by atoms with Gasteiger partial charge < -0.3 is 14.8 Å². The van der Waals surface area contributed by atoms with Gasteiger partial charge in [0, 0.05) is 11.8 Å². The molecule has 0 radical (unpaired) electrons. The van der Waals surface area contributed by atoms with Crippen LogP contribution in [0.2, 0.25) is 0 Å². The van der Waals surface area contributed by atoms with Gasteiger partial charge >= 0.3 is 0 Å². The predicted octanol–water partition coefficient (Wildman–Crippen LogP) is 4.46. The normalized spacial score (nSPS) is 11.1. The van der Waals surface area contributed by atoms with E-state index in [4.69, 9.17) is 9.47 Å². The van der Waals surface area contributed by atoms with Crippen LogP contribution in [-0.4, -0.2) is 35.1 Å². The van der Waals surface area contributed by atoms with Crippen LogP contribution in [0.5, 0.6) is 11.5 Å². The summed E-state index contributed by atoms with van der Waals surface area (Å²) in [5.74, 6) is 0.250. The van der Waals surface area contributed by atoms with Crippen LogP contribution in [0, 0.1) is 20.8 Å². The molecule has 0 aromatic heterocycles. The first kappa shape index (κ1) is 24.1. The Morgan fingerprint density at radius 3 is 2.27 bits per heavy atom. The van der Waals surface area contributed by atoms with E-state index in [0.29, 0.717) is 17.2 Å². The third kappa shape index (κ3) is 5.28. The maximum absolute atomic E-state index is 13.7. The van der Waals surface area contributed by atoms with Crippen LogP contribution in [0.1, 0.15) is 16.7 Å². The number of benzene rings is 3. The molecule has 0 atom stereocenters. The van der Waals surface area contributed by atoms with Crippen molar-refractivity contribution in [3.05, 3.63) is 77.4 Å². The van der Waals surface area contributed by atoms with Crippen LogP contribution in [0.4, 0.5) is 11.4 Å². The molecule has 174 valence electrons. The molecule has 1 N–H and O–H groups in total. The summed E-state index contributed by atoms with van der Waals surface area (Å²) in [6, 6.07) is 16.8. The quantitative estimate of drug-likeness (QED) is 0.528. The van der Waals surface area contributed by atoms with E-state index in [1.165, 1.54) is 32.4 Å². The summed E-state index contributed by atoms with van der Waals surface area (Å²) >= 11 is 0. The van der Waals surface area contributed by atoms with Crippen molar-refractivity contribution in [3.8, 4) is 11.5 Å². The molecule has 0 bridgehead atoms. The molecule has 7 nitrogen and oxygen atoms in total. The summed E-state index contributed by atoms with van der Waals surface area (Å²) in [4.78, 5) is 13.1. The largest absolute Gasteiger partial charge is 0.497 e. The van der Waals surface area contributed by atoms with Crippen molar-refractivity contribution in [3.63, 3.8) is 0 Å². The number of nitrogens with zero attached hydrogens (tertiary/aromatic N) is 1. The van der Waals surface area contributed by atoms with Gasteiger partial charge in [0.25, 0.3) is 10.0 Å². The molecule has 8 heteroatoms. The Kier molecular flexibility index (Phi) is 7.28. The number of hydrogen-bond acceptors (Lipinski definition) is 5. The summed E-state index contributed by atoms with van der Waals surface area (Å²) < 4.78 is 39.1. The Morgan fingerprint density at radius 1 is 0.939 bits per heavy atom. The van der Waals surface area contributed by atoms with Crippen molar-refractivity contribution in [1.29, 1.82) is 0 Å². The topological polar surface area (TPSA) is 84.9 Å². The van der Waals surface area contributed by atoms with E-state index in [2.05, 4.69) is 5.32 Å². The van der Waals surface area contributed by atoms with E-state index in [-0.39, 0.29) is 10.6 Å². The molecule has 0 aliphatic heterocycles. The number of nitrogens with one attached hydrogen (secondary N) is 1. The lowest BCUT2D eigenvalue weighted by Crippen LogP contribution is -2.38. The summed E-state index contributed by atoms with van der Waals surface area (Å²) in [6.07, 6.45) is 0. The first-order chi connectivity index (χ1) is 15.7. The summed E-state index contributed by atoms with van der Waals surface area (Å²) in [5, 5.41) is 2.83. The third-order valence-corrected chi connectivity index (χ3v) is 7.20. The van der Waals surface area contributed by atoms with Crippen molar-refractivity contribution >= 4 is 27.3 Å². The average Bonchev–Trinajstić information content (AvgIpc) is 2.80. The maximum Gasteiger partial charge on any atom is 0.264 e. The SMILES string of the molecule is COc1ccc(OC)c(N(CC(=O)Nc2cccc(C)c2C)S(=O)(=O)c2ccc(C)cc2)c1. The fourth-order valence-electron chi connectivity index (χ4n) is 3.34. The van der Waals surface area contributed by atoms with E-state index >= 15 is 0 Å². The number of hydrogen-bond donors (Lipinski definition) is 1. The highest BCUT2D eigenvalue weighted by Crippen LogP contribution is 2.35. The number of anilines is 2. The smallest absolute Gasteiger partial charge is 0.264 e. The van der Waals surface area contributed by atoms with Crippen LogP contribution >= 0.6 is 0 Å². The van der Waals surface area contributed by atoms with Crippen molar-refractivity contribution in [1.82, 2.24) is 0 Å². The standard InChI is InChI=1S/C25H28N2O5S/c1-17-9-12-21(13-10-17)33(29,30)27(23-15-20(31-4)11-14-24(23)32-5)16-25(28)26-22-8-6-7-18(2)19(22)3/h6-15H,16H2,1-5H3,(H,26,28). The molecule has 0 heterocycles. The fraction of sp³-hybridized carbons (Fsp3) is 0.240. The summed E-state index contributed by atoms with van der Waals surface area (Å²) in [6.45, 7) is 5.26. The van der Waals surface area contributed by atoms with Crippen molar-refractivity contribution in [2.45, 2.75) is 25.7 Å². The van der Waals surface area contributed by atoms with Crippen LogP contribution in [0.3, 0.4) is 0 Å². The van der Waals surface area contributed by atoms with Crippen LogP contribution < -0.4 is 19.1 Å². The molecule has 0 fully saturated rings. The lowest BCUT2D eigenvalue weighted by Gasteiger charge is -2.26. The average molecular weight is 469 g/mol. The van der Waals surface area contributed by atoms with Gasteiger partial charge in [-0.3, -0.25) is 9.10 Å². The van der Waals surface area contributed by atoms with Gasteiger partial charge in [-0.2, -0.15) is 0 Å². The fourth-order valence-corrected chi connectivity index (χ4v) is 4.76. The first-order valence-corrected chi connectivity index (χ1v) is 11.8. The van der Waals surface area contributed by atoms with Gasteiger partial charge in [-0.05, 0) is 62.2 Å². The second-order valence-corrected chi connectivity index (χ2v) is 9.52. The van der Waals surface area contributed by atoms with Crippen molar-refractivity contribution in [2.24, 2.45) is 0 Å². The zero-order chi connectivity index (χ0) is 24.2. The minimum Gasteiger partial charge on any atom is -0.497 e. The molecular formula is C25H28N2O5S. The number of carbonyl (C=O) groups is 1. The van der Waals surface area contributed by atoms with Gasteiger partial charge in [0.05, 0.1) is 24.8 Å². The predicted molar refractivity (Wildman–Crippen MR) is 130 cm³/mol. The van der Waals surface area contributed by atoms with Gasteiger partial charge in [0.2, 0.25) is 5.91 Å². The molecule has 3 rings (SSSR count). The Hall–Kier alpha value is -3.52. The highest BCUT2D eigenvalue weighted by molar-refractivity contribution is 7.92. The molecule has 1 amide bonds. The molecule has 0 spiro atoms. The van der Waals surface area contributed by atoms with E-state index in [9.17, 15) is 13.2 Å². The number of rotatable bonds is 8. The molecule has 33 heavy (non-hydrogen) atoms. The number of methoxy groups -OCH3 is 2. The summed E-state index contributed by atoms with van der Waals surface area (Å²) in [7, 11) is -1.17. The molecular weight excluding hydrogens is 440 g/mol. The van der Waals surface area contributed by atoms with E-state index in [0.717, 1.165) is 21.0 Å². The number of sulfonamides is 1. The van der Waals surface area contributed by atoms with Crippen LogP contribution in [0.25, 0.3) is 0 Å². The molecule has 3 aromatic rings. The molecule has 0 aliphatic rings. The van der Waals surface area contributed by atoms with Gasteiger partial charge in [-0.15, -0.1) is 0 Å². The maximum atomic E-state index is 13.7. The zero-order valence-electron chi connectivity index (χ0n) is 19.4. The molecule has 3 aromatic carbocycles. The van der Waals surface area contributed by atoms with Crippen LogP contribution in [-0.2, 0) is 14.8 Å². The molecule has 0 unspecified atom stereocenters. The molecule has 0 saturated heterocycles. The Labute approximate surface area is 195 Å². The zero-order valence-corrected chi connectivity index (χ0v) is 20.2. The van der Waals surface area contributed by atoms with Crippen molar-refractivity contribution < 1.29 is 22.7 Å². The first-order valence-electron chi connectivity index (χ1n) is 10.3. The Bertz CT molecular complexity index is 1250. The van der Waals surface area contributed by atoms with Gasteiger partial charge in [0.15, 0.2) is 0 Å². The van der Waals surface area contributed by atoms with E-state index < -0.39 is 22.5 Å². The highest BCUT2D eigenvalue weighted by Gasteiger charge is 2.30. The van der Waals surface area contributed by atoms with E-state index in [1.54, 1.807) is 30.3 Å². The lowest BCUT2D eigenvalue weighted by molar-refractivity contribution is -0.114. The Balaban J connectivity index is 2.07. The second-order valence-electron chi connectivity index (χ2n) is 7.66.